The van der Waals surface area contributed by atoms with E-state index in [0.29, 0.717) is 5.78 Å². The molecule has 0 aromatic carbocycles. The fourth-order valence-electron chi connectivity index (χ4n) is 1.89. The lowest BCUT2D eigenvalue weighted by Gasteiger charge is -2.26. The van der Waals surface area contributed by atoms with Gasteiger partial charge in [-0.05, 0) is 52.2 Å². The first-order chi connectivity index (χ1) is 6.29. The van der Waals surface area contributed by atoms with E-state index in [4.69, 9.17) is 0 Å². The van der Waals surface area contributed by atoms with Crippen molar-refractivity contribution in [3.8, 4) is 0 Å². The highest BCUT2D eigenvalue weighted by molar-refractivity contribution is 5.75. The van der Waals surface area contributed by atoms with Gasteiger partial charge >= 0.3 is 0 Å². The van der Waals surface area contributed by atoms with Crippen molar-refractivity contribution in [1.29, 1.82) is 0 Å². The van der Waals surface area contributed by atoms with Gasteiger partial charge in [-0.25, -0.2) is 0 Å². The third-order valence-corrected chi connectivity index (χ3v) is 2.70. The maximum absolute atomic E-state index is 10.7. The molecule has 1 rings (SSSR count). The fraction of sp³-hybridized carbons (Fsp3) is 0.909. The quantitative estimate of drug-likeness (QED) is 0.609. The third kappa shape index (κ3) is 5.04. The van der Waals surface area contributed by atoms with Crippen LogP contribution in [0.4, 0.5) is 0 Å². The molecule has 0 radical (unpaired) electrons. The van der Waals surface area contributed by atoms with Gasteiger partial charge in [-0.2, -0.15) is 0 Å². The molecule has 1 aliphatic rings. The lowest BCUT2D eigenvalue weighted by Crippen LogP contribution is -2.30. The maximum atomic E-state index is 10.7. The van der Waals surface area contributed by atoms with E-state index in [1.807, 2.05) is 0 Å². The molecule has 1 aliphatic heterocycles. The van der Waals surface area contributed by atoms with Gasteiger partial charge in [-0.1, -0.05) is 6.42 Å². The molecular weight excluding hydrogens is 162 g/mol. The molecule has 0 aromatic heterocycles. The number of piperidine rings is 1. The standard InChI is InChI=1S/C11H21NO/c1-11(13)7-3-6-10-12-8-4-2-5-9-12/h2-10H2,1H3. The number of carbonyl (C=O) groups is 1. The van der Waals surface area contributed by atoms with Crippen molar-refractivity contribution in [2.45, 2.75) is 45.4 Å². The summed E-state index contributed by atoms with van der Waals surface area (Å²) in [6.45, 7) is 5.44. The summed E-state index contributed by atoms with van der Waals surface area (Å²) in [5.41, 5.74) is 0. The summed E-state index contributed by atoms with van der Waals surface area (Å²) in [4.78, 5) is 13.2. The Morgan fingerprint density at radius 3 is 2.46 bits per heavy atom. The molecule has 0 N–H and O–H groups in total. The average molecular weight is 183 g/mol. The van der Waals surface area contributed by atoms with Gasteiger partial charge in [-0.3, -0.25) is 0 Å². The second kappa shape index (κ2) is 6.14. The number of hydrogen-bond donors (Lipinski definition) is 0. The number of carbonyl (C=O) groups excluding carboxylic acids is 1. The molecule has 76 valence electrons. The van der Waals surface area contributed by atoms with Gasteiger partial charge in [0.15, 0.2) is 0 Å². The molecule has 1 saturated heterocycles. The molecule has 2 nitrogen and oxygen atoms in total. The minimum Gasteiger partial charge on any atom is -0.303 e. The van der Waals surface area contributed by atoms with Crippen LogP contribution in [0.3, 0.4) is 0 Å². The van der Waals surface area contributed by atoms with Crippen LogP contribution in [0.2, 0.25) is 0 Å². The van der Waals surface area contributed by atoms with Gasteiger partial charge in [0.2, 0.25) is 0 Å². The molecule has 2 heteroatoms. The summed E-state index contributed by atoms with van der Waals surface area (Å²) in [7, 11) is 0. The predicted molar refractivity (Wildman–Crippen MR) is 54.8 cm³/mol. The lowest BCUT2D eigenvalue weighted by molar-refractivity contribution is -0.117. The van der Waals surface area contributed by atoms with Crippen molar-refractivity contribution < 1.29 is 4.79 Å². The van der Waals surface area contributed by atoms with Gasteiger partial charge in [0.05, 0.1) is 0 Å². The second-order valence-electron chi connectivity index (χ2n) is 4.06. The number of nitrogens with zero attached hydrogens (tertiary/aromatic N) is 1. The van der Waals surface area contributed by atoms with Crippen LogP contribution in [-0.4, -0.2) is 30.3 Å². The van der Waals surface area contributed by atoms with E-state index in [-0.39, 0.29) is 0 Å². The highest BCUT2D eigenvalue weighted by Gasteiger charge is 2.08. The van der Waals surface area contributed by atoms with Gasteiger partial charge < -0.3 is 9.69 Å². The first-order valence-electron chi connectivity index (χ1n) is 5.51. The smallest absolute Gasteiger partial charge is 0.129 e. The van der Waals surface area contributed by atoms with E-state index in [1.54, 1.807) is 6.92 Å². The minimum absolute atomic E-state index is 0.332. The molecule has 1 heterocycles. The van der Waals surface area contributed by atoms with Crippen molar-refractivity contribution in [3.63, 3.8) is 0 Å². The van der Waals surface area contributed by atoms with E-state index in [9.17, 15) is 4.79 Å². The predicted octanol–water partition coefficient (Wildman–Crippen LogP) is 2.23. The molecule has 13 heavy (non-hydrogen) atoms. The zero-order valence-corrected chi connectivity index (χ0v) is 8.72. The molecular formula is C11H21NO. The molecule has 0 aromatic rings. The molecule has 0 spiro atoms. The van der Waals surface area contributed by atoms with Crippen molar-refractivity contribution in [3.05, 3.63) is 0 Å². The highest BCUT2D eigenvalue weighted by atomic mass is 16.1. The number of ketones is 1. The number of likely N-dealkylation sites (tertiary alicyclic amines) is 1. The van der Waals surface area contributed by atoms with E-state index in [0.717, 1.165) is 12.8 Å². The summed E-state index contributed by atoms with van der Waals surface area (Å²) in [5.74, 6) is 0.332. The minimum atomic E-state index is 0.332. The van der Waals surface area contributed by atoms with Gasteiger partial charge in [0, 0.05) is 6.42 Å². The largest absolute Gasteiger partial charge is 0.303 e. The molecule has 0 unspecified atom stereocenters. The number of Topliss-reactive ketones (excluding diaryl/α,β-unsaturated/α-hetero) is 1. The summed E-state index contributed by atoms with van der Waals surface area (Å²) in [6, 6.07) is 0. The van der Waals surface area contributed by atoms with Crippen molar-refractivity contribution in [1.82, 2.24) is 4.90 Å². The van der Waals surface area contributed by atoms with Crippen LogP contribution in [0.1, 0.15) is 45.4 Å². The average Bonchev–Trinajstić information content (AvgIpc) is 2.14. The normalized spacial score (nSPS) is 18.8. The van der Waals surface area contributed by atoms with Gasteiger partial charge in [0.1, 0.15) is 5.78 Å². The summed E-state index contributed by atoms with van der Waals surface area (Å²) in [6.07, 6.45) is 7.18. The molecule has 0 bridgehead atoms. The van der Waals surface area contributed by atoms with Crippen molar-refractivity contribution in [2.24, 2.45) is 0 Å². The third-order valence-electron chi connectivity index (χ3n) is 2.70. The molecule has 0 aliphatic carbocycles. The molecule has 0 amide bonds. The van der Waals surface area contributed by atoms with Crippen LogP contribution >= 0.6 is 0 Å². The Balaban J connectivity index is 1.95. The molecule has 1 fully saturated rings. The lowest BCUT2D eigenvalue weighted by atomic mass is 10.1. The monoisotopic (exact) mass is 183 g/mol. The Labute approximate surface area is 81.3 Å². The van der Waals surface area contributed by atoms with Crippen molar-refractivity contribution >= 4 is 5.78 Å². The van der Waals surface area contributed by atoms with E-state index in [2.05, 4.69) is 4.90 Å². The first-order valence-corrected chi connectivity index (χ1v) is 5.51. The zero-order chi connectivity index (χ0) is 9.52. The number of unbranched alkanes of at least 4 members (excludes halogenated alkanes) is 1. The number of rotatable bonds is 5. The Kier molecular flexibility index (Phi) is 5.06. The van der Waals surface area contributed by atoms with E-state index >= 15 is 0 Å². The van der Waals surface area contributed by atoms with Crippen molar-refractivity contribution in [2.75, 3.05) is 19.6 Å². The SMILES string of the molecule is CC(=O)CCCCN1CCCCC1. The van der Waals surface area contributed by atoms with Crippen LogP contribution in [0.5, 0.6) is 0 Å². The Morgan fingerprint density at radius 1 is 1.15 bits per heavy atom. The molecule has 0 atom stereocenters. The highest BCUT2D eigenvalue weighted by Crippen LogP contribution is 2.09. The topological polar surface area (TPSA) is 20.3 Å². The van der Waals surface area contributed by atoms with Crippen LogP contribution < -0.4 is 0 Å². The summed E-state index contributed by atoms with van der Waals surface area (Å²) in [5, 5.41) is 0. The van der Waals surface area contributed by atoms with Crippen LogP contribution in [0.15, 0.2) is 0 Å². The second-order valence-corrected chi connectivity index (χ2v) is 4.06. The number of hydrogen-bond acceptors (Lipinski definition) is 2. The fourth-order valence-corrected chi connectivity index (χ4v) is 1.89. The van der Waals surface area contributed by atoms with Gasteiger partial charge in [-0.15, -0.1) is 0 Å². The summed E-state index contributed by atoms with van der Waals surface area (Å²) < 4.78 is 0. The van der Waals surface area contributed by atoms with Crippen LogP contribution in [-0.2, 0) is 4.79 Å². The Hall–Kier alpha value is -0.370. The molecule has 0 saturated carbocycles. The Morgan fingerprint density at radius 2 is 1.85 bits per heavy atom. The van der Waals surface area contributed by atoms with Crippen LogP contribution in [0.25, 0.3) is 0 Å². The van der Waals surface area contributed by atoms with E-state index in [1.165, 1.54) is 45.3 Å². The Bertz CT molecular complexity index is 150. The first kappa shape index (κ1) is 10.7. The van der Waals surface area contributed by atoms with E-state index < -0.39 is 0 Å². The van der Waals surface area contributed by atoms with Crippen LogP contribution in [0, 0.1) is 0 Å². The van der Waals surface area contributed by atoms with Gasteiger partial charge in [0.25, 0.3) is 0 Å². The maximum Gasteiger partial charge on any atom is 0.129 e. The summed E-state index contributed by atoms with van der Waals surface area (Å²) >= 11 is 0. The zero-order valence-electron chi connectivity index (χ0n) is 8.72.